The van der Waals surface area contributed by atoms with Gasteiger partial charge in [-0.15, -0.1) is 0 Å². The number of hydrogen-bond acceptors (Lipinski definition) is 3. The number of anilines is 1. The predicted octanol–water partition coefficient (Wildman–Crippen LogP) is 5.52. The number of para-hydroxylation sites is 1. The third-order valence-corrected chi connectivity index (χ3v) is 6.19. The van der Waals surface area contributed by atoms with E-state index in [0.29, 0.717) is 23.1 Å². The number of nitrogens with zero attached hydrogens (tertiary/aromatic N) is 3. The minimum absolute atomic E-state index is 0.0229. The van der Waals surface area contributed by atoms with E-state index >= 15 is 0 Å². The molecule has 0 spiro atoms. The van der Waals surface area contributed by atoms with Crippen LogP contribution in [0.5, 0.6) is 0 Å². The summed E-state index contributed by atoms with van der Waals surface area (Å²) in [4.78, 5) is 27.5. The topological polar surface area (TPSA) is 79.3 Å². The normalized spacial score (nSPS) is 14.7. The Morgan fingerprint density at radius 2 is 1.88 bits per heavy atom. The fraction of sp³-hybridized carbons (Fsp3) is 0.560. The van der Waals surface area contributed by atoms with Crippen molar-refractivity contribution in [3.05, 3.63) is 41.0 Å². The van der Waals surface area contributed by atoms with E-state index in [9.17, 15) is 9.59 Å². The quantitative estimate of drug-likeness (QED) is 0.556. The number of amides is 3. The summed E-state index contributed by atoms with van der Waals surface area (Å²) in [6.07, 6.45) is 6.29. The van der Waals surface area contributed by atoms with Crippen LogP contribution in [-0.2, 0) is 10.2 Å². The van der Waals surface area contributed by atoms with Crippen molar-refractivity contribution in [1.29, 1.82) is 0 Å². The summed E-state index contributed by atoms with van der Waals surface area (Å²) in [5.74, 6) is 0.262. The van der Waals surface area contributed by atoms with Crippen LogP contribution in [0.4, 0.5) is 10.6 Å². The molecule has 2 aromatic rings. The summed E-state index contributed by atoms with van der Waals surface area (Å²) in [6.45, 7) is 8.69. The van der Waals surface area contributed by atoms with Crippen LogP contribution in [0, 0.1) is 0 Å². The molecule has 1 aliphatic carbocycles. The van der Waals surface area contributed by atoms with Crippen LogP contribution in [0.25, 0.3) is 5.69 Å². The lowest BCUT2D eigenvalue weighted by Crippen LogP contribution is -2.48. The number of halogens is 1. The van der Waals surface area contributed by atoms with Gasteiger partial charge in [-0.3, -0.25) is 4.79 Å². The first kappa shape index (κ1) is 25.1. The Kier molecular flexibility index (Phi) is 8.40. The number of carbonyl (C=O) groups is 2. The Morgan fingerprint density at radius 1 is 1.18 bits per heavy atom. The molecule has 33 heavy (non-hydrogen) atoms. The van der Waals surface area contributed by atoms with Gasteiger partial charge >= 0.3 is 6.03 Å². The fourth-order valence-corrected chi connectivity index (χ4v) is 4.25. The van der Waals surface area contributed by atoms with Crippen molar-refractivity contribution < 1.29 is 9.59 Å². The van der Waals surface area contributed by atoms with Gasteiger partial charge in [-0.1, -0.05) is 70.7 Å². The summed E-state index contributed by atoms with van der Waals surface area (Å²) in [5.41, 5.74) is 1.31. The van der Waals surface area contributed by atoms with Crippen molar-refractivity contribution in [2.45, 2.75) is 77.7 Å². The van der Waals surface area contributed by atoms with E-state index in [2.05, 4.69) is 31.4 Å². The molecule has 180 valence electrons. The smallest absolute Gasteiger partial charge is 0.318 e. The second kappa shape index (κ2) is 11.1. The van der Waals surface area contributed by atoms with E-state index < -0.39 is 0 Å². The molecule has 8 heteroatoms. The molecule has 0 unspecified atom stereocenters. The molecule has 1 heterocycles. The first-order valence-electron chi connectivity index (χ1n) is 11.9. The Bertz CT molecular complexity index is 960. The number of nitrogens with one attached hydrogen (secondary N) is 2. The van der Waals surface area contributed by atoms with Crippen molar-refractivity contribution in [2.75, 3.05) is 18.4 Å². The van der Waals surface area contributed by atoms with E-state index in [1.165, 1.54) is 6.42 Å². The van der Waals surface area contributed by atoms with Gasteiger partial charge in [-0.25, -0.2) is 9.48 Å². The molecular weight excluding hydrogens is 438 g/mol. The number of urea groups is 1. The lowest BCUT2D eigenvalue weighted by molar-refractivity contribution is -0.116. The standard InChI is InChI=1S/C25H36ClN5O2/c1-5-15-30(24(33)27-18-11-7-6-8-12-18)17-23(32)28-22-16-21(25(2,3)4)29-31(22)20-14-10-9-13-19(20)26/h9-10,13-14,16,18H,5-8,11-12,15,17H2,1-4H3,(H,27,33)(H,28,32). The molecule has 7 nitrogen and oxygen atoms in total. The van der Waals surface area contributed by atoms with E-state index in [0.717, 1.165) is 37.8 Å². The van der Waals surface area contributed by atoms with Gasteiger partial charge in [0.1, 0.15) is 12.4 Å². The van der Waals surface area contributed by atoms with E-state index in [1.807, 2.05) is 31.2 Å². The fourth-order valence-electron chi connectivity index (χ4n) is 4.03. The number of aromatic nitrogens is 2. The van der Waals surface area contributed by atoms with Crippen molar-refractivity contribution in [2.24, 2.45) is 0 Å². The van der Waals surface area contributed by atoms with Gasteiger partial charge in [0.15, 0.2) is 0 Å². The first-order chi connectivity index (χ1) is 15.7. The number of rotatable bonds is 7. The molecule has 0 radical (unpaired) electrons. The molecule has 2 N–H and O–H groups in total. The van der Waals surface area contributed by atoms with Gasteiger partial charge in [0.2, 0.25) is 5.91 Å². The van der Waals surface area contributed by atoms with E-state index in [1.54, 1.807) is 15.6 Å². The van der Waals surface area contributed by atoms with E-state index in [-0.39, 0.29) is 29.9 Å². The molecule has 1 aliphatic rings. The molecule has 0 saturated heterocycles. The van der Waals surface area contributed by atoms with Crippen LogP contribution in [0.1, 0.15) is 71.9 Å². The minimum atomic E-state index is -0.268. The van der Waals surface area contributed by atoms with E-state index in [4.69, 9.17) is 16.7 Å². The molecule has 1 aromatic heterocycles. The van der Waals surface area contributed by atoms with Gasteiger partial charge in [0, 0.05) is 24.1 Å². The van der Waals surface area contributed by atoms with Crippen LogP contribution in [0.2, 0.25) is 5.02 Å². The summed E-state index contributed by atoms with van der Waals surface area (Å²) in [5, 5.41) is 11.3. The maximum absolute atomic E-state index is 13.0. The molecule has 0 bridgehead atoms. The zero-order chi connectivity index (χ0) is 24.0. The molecule has 1 saturated carbocycles. The van der Waals surface area contributed by atoms with Gasteiger partial charge < -0.3 is 15.5 Å². The van der Waals surface area contributed by atoms with Crippen molar-refractivity contribution >= 4 is 29.4 Å². The third kappa shape index (κ3) is 6.73. The van der Waals surface area contributed by atoms with Crippen molar-refractivity contribution in [1.82, 2.24) is 20.0 Å². The average Bonchev–Trinajstić information content (AvgIpc) is 3.18. The summed E-state index contributed by atoms with van der Waals surface area (Å²) in [7, 11) is 0. The van der Waals surface area contributed by atoms with Crippen molar-refractivity contribution in [3.63, 3.8) is 0 Å². The monoisotopic (exact) mass is 473 g/mol. The molecule has 1 fully saturated rings. The Labute approximate surface area is 201 Å². The number of carbonyl (C=O) groups excluding carboxylic acids is 2. The molecule has 3 amide bonds. The molecule has 3 rings (SSSR count). The van der Waals surface area contributed by atoms with Gasteiger partial charge in [0.05, 0.1) is 16.4 Å². The second-order valence-corrected chi connectivity index (χ2v) is 10.2. The Morgan fingerprint density at radius 3 is 2.52 bits per heavy atom. The average molecular weight is 474 g/mol. The summed E-state index contributed by atoms with van der Waals surface area (Å²) < 4.78 is 1.66. The van der Waals surface area contributed by atoms with Crippen LogP contribution < -0.4 is 10.6 Å². The molecular formula is C25H36ClN5O2. The number of benzene rings is 1. The van der Waals surface area contributed by atoms with Crippen LogP contribution in [-0.4, -0.2) is 45.8 Å². The highest BCUT2D eigenvalue weighted by Crippen LogP contribution is 2.29. The highest BCUT2D eigenvalue weighted by atomic mass is 35.5. The zero-order valence-electron chi connectivity index (χ0n) is 20.2. The highest BCUT2D eigenvalue weighted by Gasteiger charge is 2.24. The maximum Gasteiger partial charge on any atom is 0.318 e. The summed E-state index contributed by atoms with van der Waals surface area (Å²) >= 11 is 6.42. The van der Waals surface area contributed by atoms with Crippen molar-refractivity contribution in [3.8, 4) is 5.69 Å². The van der Waals surface area contributed by atoms with Gasteiger partial charge in [0.25, 0.3) is 0 Å². The predicted molar refractivity (Wildman–Crippen MR) is 133 cm³/mol. The Balaban J connectivity index is 1.76. The molecule has 1 aromatic carbocycles. The largest absolute Gasteiger partial charge is 0.335 e. The maximum atomic E-state index is 13.0. The lowest BCUT2D eigenvalue weighted by Gasteiger charge is -2.28. The highest BCUT2D eigenvalue weighted by molar-refractivity contribution is 6.32. The SMILES string of the molecule is CCCN(CC(=O)Nc1cc(C(C)(C)C)nn1-c1ccccc1Cl)C(=O)NC1CCCCC1. The number of hydrogen-bond donors (Lipinski definition) is 2. The summed E-state index contributed by atoms with van der Waals surface area (Å²) in [6, 6.07) is 9.28. The second-order valence-electron chi connectivity index (χ2n) is 9.78. The third-order valence-electron chi connectivity index (χ3n) is 5.87. The van der Waals surface area contributed by atoms with Crippen LogP contribution in [0.15, 0.2) is 30.3 Å². The van der Waals surface area contributed by atoms with Crippen LogP contribution in [0.3, 0.4) is 0 Å². The molecule has 0 aliphatic heterocycles. The minimum Gasteiger partial charge on any atom is -0.335 e. The van der Waals surface area contributed by atoms with Crippen LogP contribution >= 0.6 is 11.6 Å². The zero-order valence-corrected chi connectivity index (χ0v) is 20.9. The molecule has 0 atom stereocenters. The van der Waals surface area contributed by atoms with Gasteiger partial charge in [-0.2, -0.15) is 5.10 Å². The lowest BCUT2D eigenvalue weighted by atomic mass is 9.92. The first-order valence-corrected chi connectivity index (χ1v) is 12.3. The Hall–Kier alpha value is -2.54. The van der Waals surface area contributed by atoms with Gasteiger partial charge in [-0.05, 0) is 31.4 Å².